The number of benzene rings is 1. The second kappa shape index (κ2) is 4.40. The second-order valence-electron chi connectivity index (χ2n) is 3.46. The Balaban J connectivity index is 2.73. The molecule has 0 bridgehead atoms. The van der Waals surface area contributed by atoms with E-state index in [0.29, 0.717) is 6.42 Å². The third-order valence-electron chi connectivity index (χ3n) is 2.25. The topological polar surface area (TPSA) is 40.5 Å². The van der Waals surface area contributed by atoms with Gasteiger partial charge in [-0.1, -0.05) is 18.2 Å². The van der Waals surface area contributed by atoms with Gasteiger partial charge in [0.2, 0.25) is 0 Å². The zero-order valence-corrected chi connectivity index (χ0v) is 8.12. The Morgan fingerprint density at radius 2 is 1.92 bits per heavy atom. The van der Waals surface area contributed by atoms with E-state index >= 15 is 0 Å². The molecule has 0 saturated carbocycles. The summed E-state index contributed by atoms with van der Waals surface area (Å²) >= 11 is 0. The van der Waals surface area contributed by atoms with Crippen LogP contribution in [0.15, 0.2) is 18.2 Å². The van der Waals surface area contributed by atoms with Crippen LogP contribution in [0.25, 0.3) is 0 Å². The first-order chi connectivity index (χ1) is 6.13. The van der Waals surface area contributed by atoms with Gasteiger partial charge >= 0.3 is 0 Å². The fourth-order valence-corrected chi connectivity index (χ4v) is 1.27. The molecule has 0 aromatic heterocycles. The predicted octanol–water partition coefficient (Wildman–Crippen LogP) is 1.20. The molecule has 1 rings (SSSR count). The van der Waals surface area contributed by atoms with Crippen LogP contribution < -0.4 is 0 Å². The standard InChI is InChI=1S/C11H16O2/c1-8-3-4-10(5-9(8)2)6-11(13)7-12/h3-5,11-13H,6-7H2,1-2H3. The molecule has 2 heteroatoms. The first-order valence-corrected chi connectivity index (χ1v) is 4.48. The molecule has 13 heavy (non-hydrogen) atoms. The highest BCUT2D eigenvalue weighted by Crippen LogP contribution is 2.11. The summed E-state index contributed by atoms with van der Waals surface area (Å²) < 4.78 is 0. The summed E-state index contributed by atoms with van der Waals surface area (Å²) in [4.78, 5) is 0. The maximum absolute atomic E-state index is 9.22. The van der Waals surface area contributed by atoms with Gasteiger partial charge in [-0.05, 0) is 30.5 Å². The number of rotatable bonds is 3. The van der Waals surface area contributed by atoms with E-state index < -0.39 is 6.10 Å². The molecule has 1 aromatic carbocycles. The third-order valence-corrected chi connectivity index (χ3v) is 2.25. The maximum atomic E-state index is 9.22. The normalized spacial score (nSPS) is 12.9. The van der Waals surface area contributed by atoms with Crippen molar-refractivity contribution in [3.8, 4) is 0 Å². The lowest BCUT2D eigenvalue weighted by Gasteiger charge is -2.08. The Morgan fingerprint density at radius 1 is 1.23 bits per heavy atom. The summed E-state index contributed by atoms with van der Waals surface area (Å²) in [6.45, 7) is 3.93. The molecule has 0 aliphatic carbocycles. The minimum Gasteiger partial charge on any atom is -0.394 e. The van der Waals surface area contributed by atoms with Gasteiger partial charge in [-0.25, -0.2) is 0 Å². The Kier molecular flexibility index (Phi) is 3.46. The van der Waals surface area contributed by atoms with E-state index in [-0.39, 0.29) is 6.61 Å². The lowest BCUT2D eigenvalue weighted by atomic mass is 10.0. The largest absolute Gasteiger partial charge is 0.394 e. The summed E-state index contributed by atoms with van der Waals surface area (Å²) in [5.41, 5.74) is 3.55. The molecule has 0 heterocycles. The molecule has 0 radical (unpaired) electrons. The van der Waals surface area contributed by atoms with Crippen molar-refractivity contribution < 1.29 is 10.2 Å². The van der Waals surface area contributed by atoms with Gasteiger partial charge in [0.15, 0.2) is 0 Å². The first kappa shape index (κ1) is 10.2. The third kappa shape index (κ3) is 2.83. The minimum atomic E-state index is -0.637. The van der Waals surface area contributed by atoms with Crippen LogP contribution in [0, 0.1) is 13.8 Å². The Morgan fingerprint density at radius 3 is 2.46 bits per heavy atom. The monoisotopic (exact) mass is 180 g/mol. The van der Waals surface area contributed by atoms with Crippen molar-refractivity contribution in [1.29, 1.82) is 0 Å². The van der Waals surface area contributed by atoms with Crippen LogP contribution in [0.4, 0.5) is 0 Å². The quantitative estimate of drug-likeness (QED) is 0.733. The molecule has 72 valence electrons. The van der Waals surface area contributed by atoms with E-state index in [0.717, 1.165) is 5.56 Å². The lowest BCUT2D eigenvalue weighted by molar-refractivity contribution is 0.0955. The maximum Gasteiger partial charge on any atom is 0.0811 e. The lowest BCUT2D eigenvalue weighted by Crippen LogP contribution is -2.15. The van der Waals surface area contributed by atoms with Gasteiger partial charge in [-0.3, -0.25) is 0 Å². The van der Waals surface area contributed by atoms with Gasteiger partial charge in [0.05, 0.1) is 12.7 Å². The van der Waals surface area contributed by atoms with Crippen molar-refractivity contribution in [3.05, 3.63) is 34.9 Å². The van der Waals surface area contributed by atoms with Crippen LogP contribution in [-0.4, -0.2) is 22.9 Å². The van der Waals surface area contributed by atoms with Crippen molar-refractivity contribution >= 4 is 0 Å². The highest BCUT2D eigenvalue weighted by molar-refractivity contribution is 5.30. The Labute approximate surface area is 78.8 Å². The van der Waals surface area contributed by atoms with Crippen LogP contribution >= 0.6 is 0 Å². The van der Waals surface area contributed by atoms with Crippen molar-refractivity contribution in [3.63, 3.8) is 0 Å². The second-order valence-corrected chi connectivity index (χ2v) is 3.46. The fourth-order valence-electron chi connectivity index (χ4n) is 1.27. The fraction of sp³-hybridized carbons (Fsp3) is 0.455. The Hall–Kier alpha value is -0.860. The highest BCUT2D eigenvalue weighted by Gasteiger charge is 2.03. The zero-order valence-electron chi connectivity index (χ0n) is 8.12. The van der Waals surface area contributed by atoms with Crippen molar-refractivity contribution in [1.82, 2.24) is 0 Å². The van der Waals surface area contributed by atoms with Gasteiger partial charge < -0.3 is 10.2 Å². The highest BCUT2D eigenvalue weighted by atomic mass is 16.3. The number of hydrogen-bond acceptors (Lipinski definition) is 2. The van der Waals surface area contributed by atoms with Gasteiger partial charge in [-0.15, -0.1) is 0 Å². The van der Waals surface area contributed by atoms with Crippen molar-refractivity contribution in [2.24, 2.45) is 0 Å². The van der Waals surface area contributed by atoms with E-state index in [2.05, 4.69) is 6.92 Å². The first-order valence-electron chi connectivity index (χ1n) is 4.48. The SMILES string of the molecule is Cc1ccc(CC(O)CO)cc1C. The van der Waals surface area contributed by atoms with E-state index in [9.17, 15) is 5.11 Å². The molecule has 0 saturated heterocycles. The van der Waals surface area contributed by atoms with Gasteiger partial charge in [-0.2, -0.15) is 0 Å². The van der Waals surface area contributed by atoms with E-state index in [1.165, 1.54) is 11.1 Å². The number of aliphatic hydroxyl groups excluding tert-OH is 2. The number of hydrogen-bond donors (Lipinski definition) is 2. The van der Waals surface area contributed by atoms with Gasteiger partial charge in [0.1, 0.15) is 0 Å². The molecular weight excluding hydrogens is 164 g/mol. The smallest absolute Gasteiger partial charge is 0.0811 e. The summed E-state index contributed by atoms with van der Waals surface area (Å²) in [5.74, 6) is 0. The molecule has 1 atom stereocenters. The molecule has 2 N–H and O–H groups in total. The molecule has 0 amide bonds. The molecule has 0 aliphatic heterocycles. The average Bonchev–Trinajstić information content (AvgIpc) is 2.11. The van der Waals surface area contributed by atoms with Crippen LogP contribution in [0.1, 0.15) is 16.7 Å². The van der Waals surface area contributed by atoms with Gasteiger partial charge in [0.25, 0.3) is 0 Å². The van der Waals surface area contributed by atoms with Crippen LogP contribution in [-0.2, 0) is 6.42 Å². The molecule has 0 fully saturated rings. The molecule has 0 spiro atoms. The van der Waals surface area contributed by atoms with Crippen LogP contribution in [0.3, 0.4) is 0 Å². The summed E-state index contributed by atoms with van der Waals surface area (Å²) in [5, 5.41) is 17.9. The Bertz CT molecular complexity index is 281. The summed E-state index contributed by atoms with van der Waals surface area (Å²) in [6, 6.07) is 6.07. The predicted molar refractivity (Wildman–Crippen MR) is 52.7 cm³/mol. The summed E-state index contributed by atoms with van der Waals surface area (Å²) in [6.07, 6.45) is -0.112. The molecular formula is C11H16O2. The summed E-state index contributed by atoms with van der Waals surface area (Å²) in [7, 11) is 0. The molecule has 1 unspecified atom stereocenters. The van der Waals surface area contributed by atoms with Crippen LogP contribution in [0.2, 0.25) is 0 Å². The minimum absolute atomic E-state index is 0.174. The molecule has 1 aromatic rings. The van der Waals surface area contributed by atoms with E-state index in [1.54, 1.807) is 0 Å². The van der Waals surface area contributed by atoms with E-state index in [4.69, 9.17) is 5.11 Å². The van der Waals surface area contributed by atoms with Crippen molar-refractivity contribution in [2.75, 3.05) is 6.61 Å². The molecule has 2 nitrogen and oxygen atoms in total. The van der Waals surface area contributed by atoms with Crippen LogP contribution in [0.5, 0.6) is 0 Å². The average molecular weight is 180 g/mol. The van der Waals surface area contributed by atoms with E-state index in [1.807, 2.05) is 25.1 Å². The number of aliphatic hydroxyl groups is 2. The number of aryl methyl sites for hydroxylation is 2. The van der Waals surface area contributed by atoms with Gasteiger partial charge in [0, 0.05) is 6.42 Å². The zero-order chi connectivity index (χ0) is 9.84. The molecule has 0 aliphatic rings. The van der Waals surface area contributed by atoms with Crippen molar-refractivity contribution in [2.45, 2.75) is 26.4 Å².